The van der Waals surface area contributed by atoms with E-state index in [0.29, 0.717) is 44.1 Å². The van der Waals surface area contributed by atoms with Crippen LogP contribution in [-0.4, -0.2) is 47.9 Å². The zero-order valence-corrected chi connectivity index (χ0v) is 16.9. The van der Waals surface area contributed by atoms with Crippen LogP contribution in [0.5, 0.6) is 5.75 Å². The van der Waals surface area contributed by atoms with Gasteiger partial charge >= 0.3 is 0 Å². The number of nitrogens with zero attached hydrogens (tertiary/aromatic N) is 1. The lowest BCUT2D eigenvalue weighted by Gasteiger charge is -2.30. The van der Waals surface area contributed by atoms with Gasteiger partial charge in [0.1, 0.15) is 18.4 Å². The van der Waals surface area contributed by atoms with Gasteiger partial charge in [-0.25, -0.2) is 0 Å². The highest BCUT2D eigenvalue weighted by Crippen LogP contribution is 2.40. The van der Waals surface area contributed by atoms with Crippen LogP contribution in [-0.2, 0) is 27.5 Å². The van der Waals surface area contributed by atoms with Crippen LogP contribution in [0.25, 0.3) is 0 Å². The number of rotatable bonds is 5. The molecule has 1 fully saturated rings. The summed E-state index contributed by atoms with van der Waals surface area (Å²) in [7, 11) is 0. The third kappa shape index (κ3) is 3.74. The van der Waals surface area contributed by atoms with Crippen molar-refractivity contribution in [1.29, 1.82) is 0 Å². The van der Waals surface area contributed by atoms with Crippen molar-refractivity contribution in [3.8, 4) is 5.75 Å². The molecule has 2 atom stereocenters. The number of piperidine rings is 1. The lowest BCUT2D eigenvalue weighted by Crippen LogP contribution is -2.52. The maximum absolute atomic E-state index is 12.9. The van der Waals surface area contributed by atoms with Crippen LogP contribution in [0.2, 0.25) is 0 Å². The van der Waals surface area contributed by atoms with E-state index in [-0.39, 0.29) is 24.3 Å². The molecule has 3 heterocycles. The number of carbonyl (C=O) groups excluding carboxylic acids is 3. The monoisotopic (exact) mass is 421 g/mol. The van der Waals surface area contributed by atoms with E-state index in [4.69, 9.17) is 9.47 Å². The fourth-order valence-electron chi connectivity index (χ4n) is 4.32. The van der Waals surface area contributed by atoms with Crippen LogP contribution < -0.4 is 15.4 Å². The van der Waals surface area contributed by atoms with E-state index in [0.717, 1.165) is 16.8 Å². The highest BCUT2D eigenvalue weighted by Gasteiger charge is 2.41. The highest BCUT2D eigenvalue weighted by molar-refractivity contribution is 6.06. The second-order valence-electron chi connectivity index (χ2n) is 8.02. The topological polar surface area (TPSA) is 97.0 Å². The van der Waals surface area contributed by atoms with Crippen LogP contribution in [0, 0.1) is 0 Å². The molecular formula is C23H23N3O5. The van der Waals surface area contributed by atoms with Gasteiger partial charge in [-0.05, 0) is 24.1 Å². The first-order chi connectivity index (χ1) is 15.1. The molecule has 0 aliphatic carbocycles. The van der Waals surface area contributed by atoms with E-state index >= 15 is 0 Å². The number of carbonyl (C=O) groups is 3. The molecule has 2 aromatic rings. The third-order valence-electron chi connectivity index (χ3n) is 5.89. The van der Waals surface area contributed by atoms with E-state index in [2.05, 4.69) is 10.6 Å². The van der Waals surface area contributed by atoms with Crippen LogP contribution in [0.3, 0.4) is 0 Å². The minimum atomic E-state index is -0.635. The van der Waals surface area contributed by atoms with Crippen molar-refractivity contribution in [1.82, 2.24) is 10.2 Å². The Kier molecular flexibility index (Phi) is 5.07. The Labute approximate surface area is 179 Å². The van der Waals surface area contributed by atoms with Gasteiger partial charge in [0, 0.05) is 17.5 Å². The number of anilines is 1. The smallest absolute Gasteiger partial charge is 0.255 e. The van der Waals surface area contributed by atoms with Crippen molar-refractivity contribution in [2.24, 2.45) is 0 Å². The van der Waals surface area contributed by atoms with Gasteiger partial charge in [-0.15, -0.1) is 0 Å². The van der Waals surface area contributed by atoms with Gasteiger partial charge in [-0.3, -0.25) is 19.7 Å². The number of nitrogens with one attached hydrogen (secondary N) is 2. The molecule has 8 nitrogen and oxygen atoms in total. The van der Waals surface area contributed by atoms with E-state index in [1.807, 2.05) is 36.4 Å². The van der Waals surface area contributed by atoms with Gasteiger partial charge in [0.25, 0.3) is 5.91 Å². The number of ether oxygens (including phenoxy) is 2. The van der Waals surface area contributed by atoms with E-state index in [1.54, 1.807) is 6.07 Å². The lowest BCUT2D eigenvalue weighted by molar-refractivity contribution is -0.136. The van der Waals surface area contributed by atoms with Crippen molar-refractivity contribution < 1.29 is 23.9 Å². The van der Waals surface area contributed by atoms with Crippen molar-refractivity contribution in [2.45, 2.75) is 38.1 Å². The van der Waals surface area contributed by atoms with Crippen LogP contribution in [0.4, 0.5) is 5.69 Å². The fraction of sp³-hybridized carbons (Fsp3) is 0.348. The summed E-state index contributed by atoms with van der Waals surface area (Å²) in [5.41, 5.74) is 3.26. The Hall–Kier alpha value is -3.39. The molecule has 1 saturated heterocycles. The molecule has 0 radical (unpaired) electrons. The predicted octanol–water partition coefficient (Wildman–Crippen LogP) is 1.84. The molecule has 31 heavy (non-hydrogen) atoms. The minimum absolute atomic E-state index is 0.00222. The molecule has 3 aliphatic heterocycles. The number of amides is 3. The van der Waals surface area contributed by atoms with Gasteiger partial charge in [0.05, 0.1) is 31.5 Å². The summed E-state index contributed by atoms with van der Waals surface area (Å²) >= 11 is 0. The summed E-state index contributed by atoms with van der Waals surface area (Å²) < 4.78 is 11.9. The normalized spacial score (nSPS) is 22.3. The summed E-state index contributed by atoms with van der Waals surface area (Å²) in [6, 6.07) is 13.0. The van der Waals surface area contributed by atoms with Gasteiger partial charge in [-0.1, -0.05) is 30.3 Å². The molecule has 2 aromatic carbocycles. The summed E-state index contributed by atoms with van der Waals surface area (Å²) in [5.74, 6) is -0.263. The number of benzene rings is 2. The number of fused-ring (bicyclic) bond motifs is 3. The first-order valence-corrected chi connectivity index (χ1v) is 10.4. The van der Waals surface area contributed by atoms with Crippen LogP contribution >= 0.6 is 0 Å². The number of hydrogen-bond acceptors (Lipinski definition) is 6. The molecule has 3 aliphatic rings. The largest absolute Gasteiger partial charge is 0.489 e. The maximum Gasteiger partial charge on any atom is 0.255 e. The Morgan fingerprint density at radius 1 is 1.10 bits per heavy atom. The minimum Gasteiger partial charge on any atom is -0.489 e. The van der Waals surface area contributed by atoms with Gasteiger partial charge in [0.15, 0.2) is 0 Å². The summed E-state index contributed by atoms with van der Waals surface area (Å²) in [4.78, 5) is 38.1. The van der Waals surface area contributed by atoms with E-state index in [9.17, 15) is 14.4 Å². The Morgan fingerprint density at radius 2 is 1.94 bits per heavy atom. The Morgan fingerprint density at radius 3 is 2.74 bits per heavy atom. The zero-order valence-electron chi connectivity index (χ0n) is 16.9. The van der Waals surface area contributed by atoms with E-state index in [1.165, 1.54) is 4.90 Å². The molecule has 0 bridgehead atoms. The molecular weight excluding hydrogens is 398 g/mol. The second-order valence-corrected chi connectivity index (χ2v) is 8.02. The van der Waals surface area contributed by atoms with Crippen molar-refractivity contribution in [2.75, 3.05) is 18.5 Å². The quantitative estimate of drug-likeness (QED) is 0.715. The standard InChI is InChI=1S/C23H23N3O5/c27-20-9-8-19(22(28)25-20)26-10-17-16(23(26)29)6-7-18-21(17)31-13-15(24-18)12-30-11-14-4-2-1-3-5-14/h1-7,15,19,24H,8-13H2,(H,25,27,28)/t15?,19-/m1/s1. The molecule has 0 aromatic heterocycles. The zero-order chi connectivity index (χ0) is 21.4. The molecule has 2 N–H and O–H groups in total. The van der Waals surface area contributed by atoms with Crippen molar-refractivity contribution in [3.05, 3.63) is 59.2 Å². The third-order valence-corrected chi connectivity index (χ3v) is 5.89. The fourth-order valence-corrected chi connectivity index (χ4v) is 4.32. The summed E-state index contributed by atoms with van der Waals surface area (Å²) in [6.45, 7) is 1.74. The first-order valence-electron chi connectivity index (χ1n) is 10.4. The van der Waals surface area contributed by atoms with E-state index < -0.39 is 11.9 Å². The maximum atomic E-state index is 12.9. The molecule has 160 valence electrons. The first kappa shape index (κ1) is 19.6. The average molecular weight is 421 g/mol. The Bertz CT molecular complexity index is 1040. The second kappa shape index (κ2) is 8.03. The van der Waals surface area contributed by atoms with Crippen LogP contribution in [0.15, 0.2) is 42.5 Å². The predicted molar refractivity (Wildman–Crippen MR) is 111 cm³/mol. The van der Waals surface area contributed by atoms with Gasteiger partial charge < -0.3 is 19.7 Å². The highest BCUT2D eigenvalue weighted by atomic mass is 16.5. The average Bonchev–Trinajstić information content (AvgIpc) is 3.11. The molecule has 0 spiro atoms. The van der Waals surface area contributed by atoms with Crippen LogP contribution in [0.1, 0.15) is 34.3 Å². The van der Waals surface area contributed by atoms with Gasteiger partial charge in [0.2, 0.25) is 11.8 Å². The molecule has 3 amide bonds. The SMILES string of the molecule is O=C1CC[C@@H](N2Cc3c(ccc4c3OCC(COCc3ccccc3)N4)C2=O)C(=O)N1. The molecule has 1 unspecified atom stereocenters. The molecule has 8 heteroatoms. The van der Waals surface area contributed by atoms with Gasteiger partial charge in [-0.2, -0.15) is 0 Å². The molecule has 0 saturated carbocycles. The lowest BCUT2D eigenvalue weighted by atomic mass is 10.0. The number of imide groups is 1. The number of hydrogen-bond donors (Lipinski definition) is 2. The van der Waals surface area contributed by atoms with Crippen molar-refractivity contribution >= 4 is 23.4 Å². The summed E-state index contributed by atoms with van der Waals surface area (Å²) in [6.07, 6.45) is 0.573. The Balaban J connectivity index is 1.25. The summed E-state index contributed by atoms with van der Waals surface area (Å²) in [5, 5.41) is 5.76. The van der Waals surface area contributed by atoms with Crippen molar-refractivity contribution in [3.63, 3.8) is 0 Å². The molecule has 5 rings (SSSR count).